The first-order valence-corrected chi connectivity index (χ1v) is 27.8. The van der Waals surface area contributed by atoms with Gasteiger partial charge in [0.2, 0.25) is 0 Å². The normalized spacial score (nSPS) is 12.7. The maximum absolute atomic E-state index is 5.71. The predicted molar refractivity (Wildman–Crippen MR) is 343 cm³/mol. The van der Waals surface area contributed by atoms with Crippen LogP contribution in [0, 0.1) is 0 Å². The SMILES string of the molecule is Sc1cc2c(cc1B1c3ccc(N(c4ccccc4)c4ccccc4)cc3-c3ccccc3N1c1ccccc1)B1c3ccccc3N(c3ccccc3)c3cc(N(c4ccccc4)c4ccccc4)cc(c31)N2c1ccccc1. The Bertz CT molecular complexity index is 4160. The van der Waals surface area contributed by atoms with Gasteiger partial charge in [0.1, 0.15) is 0 Å². The third kappa shape index (κ3) is 7.90. The Labute approximate surface area is 474 Å². The van der Waals surface area contributed by atoms with Gasteiger partial charge < -0.3 is 24.4 Å². The molecule has 0 N–H and O–H groups in total. The van der Waals surface area contributed by atoms with E-state index in [-0.39, 0.29) is 13.6 Å². The van der Waals surface area contributed by atoms with E-state index >= 15 is 0 Å². The average molecular weight is 1040 g/mol. The number of rotatable bonds is 10. The molecule has 0 saturated carbocycles. The van der Waals surface area contributed by atoms with Crippen molar-refractivity contribution in [3.63, 3.8) is 0 Å². The fourth-order valence-electron chi connectivity index (χ4n) is 12.8. The van der Waals surface area contributed by atoms with Gasteiger partial charge in [0, 0.05) is 84.4 Å². The van der Waals surface area contributed by atoms with Crippen LogP contribution in [0.1, 0.15) is 0 Å². The second kappa shape index (κ2) is 19.8. The minimum absolute atomic E-state index is 0.150. The Balaban J connectivity index is 1.00. The molecule has 0 aliphatic carbocycles. The molecule has 0 atom stereocenters. The topological polar surface area (TPSA) is 16.2 Å². The molecule has 0 amide bonds. The molecular weight excluding hydrogens is 989 g/mol. The maximum Gasteiger partial charge on any atom is 0.329 e. The highest BCUT2D eigenvalue weighted by atomic mass is 32.1. The van der Waals surface area contributed by atoms with Crippen molar-refractivity contribution in [1.82, 2.24) is 0 Å². The van der Waals surface area contributed by atoms with Gasteiger partial charge in [0.25, 0.3) is 6.71 Å². The van der Waals surface area contributed by atoms with Crippen molar-refractivity contribution in [2.24, 2.45) is 0 Å². The molecule has 3 heterocycles. The fraction of sp³-hybridized carbons (Fsp3) is 0. The van der Waals surface area contributed by atoms with Crippen molar-refractivity contribution in [3.05, 3.63) is 303 Å². The number of hydrogen-bond donors (Lipinski definition) is 1. The molecular formula is C72H51B2N5S. The summed E-state index contributed by atoms with van der Waals surface area (Å²) in [6.45, 7) is -0.419. The lowest BCUT2D eigenvalue weighted by Gasteiger charge is -2.45. The van der Waals surface area contributed by atoms with Gasteiger partial charge in [0.05, 0.1) is 5.69 Å². The van der Waals surface area contributed by atoms with Crippen LogP contribution in [0.15, 0.2) is 308 Å². The lowest BCUT2D eigenvalue weighted by molar-refractivity contribution is 1.22. The highest BCUT2D eigenvalue weighted by Crippen LogP contribution is 2.49. The zero-order valence-electron chi connectivity index (χ0n) is 43.7. The van der Waals surface area contributed by atoms with Crippen molar-refractivity contribution in [3.8, 4) is 11.1 Å². The second-order valence-electron chi connectivity index (χ2n) is 20.6. The summed E-state index contributed by atoms with van der Waals surface area (Å²) in [7, 11) is 0. The molecule has 5 nitrogen and oxygen atoms in total. The Morgan fingerprint density at radius 1 is 0.275 bits per heavy atom. The molecule has 0 bridgehead atoms. The van der Waals surface area contributed by atoms with E-state index in [1.165, 1.54) is 33.0 Å². The fourth-order valence-corrected chi connectivity index (χ4v) is 13.1. The maximum atomic E-state index is 5.71. The number of thiol groups is 1. The summed E-state index contributed by atoms with van der Waals surface area (Å²) in [6, 6.07) is 110. The van der Waals surface area contributed by atoms with Crippen molar-refractivity contribution in [2.75, 3.05) is 24.4 Å². The monoisotopic (exact) mass is 1040 g/mol. The second-order valence-corrected chi connectivity index (χ2v) is 21.1. The van der Waals surface area contributed by atoms with E-state index in [2.05, 4.69) is 328 Å². The van der Waals surface area contributed by atoms with E-state index in [1.54, 1.807) is 0 Å². The van der Waals surface area contributed by atoms with Crippen molar-refractivity contribution in [1.29, 1.82) is 0 Å². The lowest BCUT2D eigenvalue weighted by atomic mass is 9.32. The molecule has 3 aliphatic heterocycles. The minimum atomic E-state index is -0.269. The van der Waals surface area contributed by atoms with E-state index in [4.69, 9.17) is 12.6 Å². The molecule has 376 valence electrons. The summed E-state index contributed by atoms with van der Waals surface area (Å²) >= 11 is 5.71. The third-order valence-electron chi connectivity index (χ3n) is 16.1. The molecule has 15 rings (SSSR count). The molecule has 0 saturated heterocycles. The van der Waals surface area contributed by atoms with Crippen LogP contribution < -0.4 is 51.7 Å². The van der Waals surface area contributed by atoms with Crippen LogP contribution in [0.4, 0.5) is 79.6 Å². The van der Waals surface area contributed by atoms with E-state index in [9.17, 15) is 0 Å². The molecule has 80 heavy (non-hydrogen) atoms. The first kappa shape index (κ1) is 47.3. The Morgan fingerprint density at radius 3 is 1.25 bits per heavy atom. The van der Waals surface area contributed by atoms with Crippen LogP contribution in [0.2, 0.25) is 0 Å². The van der Waals surface area contributed by atoms with E-state index in [0.29, 0.717) is 0 Å². The summed E-state index contributed by atoms with van der Waals surface area (Å²) in [5.41, 5.74) is 23.8. The molecule has 12 aromatic carbocycles. The molecule has 12 aromatic rings. The summed E-state index contributed by atoms with van der Waals surface area (Å²) in [6.07, 6.45) is 0. The summed E-state index contributed by atoms with van der Waals surface area (Å²) in [5.74, 6) is 0. The van der Waals surface area contributed by atoms with Gasteiger partial charge in [-0.05, 0) is 160 Å². The molecule has 0 spiro atoms. The van der Waals surface area contributed by atoms with Crippen LogP contribution >= 0.6 is 12.6 Å². The highest BCUT2D eigenvalue weighted by molar-refractivity contribution is 7.80. The predicted octanol–water partition coefficient (Wildman–Crippen LogP) is 15.9. The molecule has 0 radical (unpaired) electrons. The first-order chi connectivity index (χ1) is 39.7. The highest BCUT2D eigenvalue weighted by Gasteiger charge is 2.46. The first-order valence-electron chi connectivity index (χ1n) is 27.4. The third-order valence-corrected chi connectivity index (χ3v) is 16.5. The van der Waals surface area contributed by atoms with Crippen molar-refractivity contribution in [2.45, 2.75) is 4.90 Å². The minimum Gasteiger partial charge on any atom is -0.376 e. The van der Waals surface area contributed by atoms with Gasteiger partial charge in [-0.15, -0.1) is 12.6 Å². The van der Waals surface area contributed by atoms with E-state index < -0.39 is 0 Å². The van der Waals surface area contributed by atoms with Gasteiger partial charge in [0.15, 0.2) is 0 Å². The number of benzene rings is 12. The van der Waals surface area contributed by atoms with Crippen LogP contribution in [-0.4, -0.2) is 13.6 Å². The zero-order valence-corrected chi connectivity index (χ0v) is 44.6. The summed E-state index contributed by atoms with van der Waals surface area (Å²) in [4.78, 5) is 13.2. The van der Waals surface area contributed by atoms with Gasteiger partial charge in [-0.2, -0.15) is 0 Å². The Morgan fingerprint density at radius 2 is 0.713 bits per heavy atom. The number of nitrogens with zero attached hydrogens (tertiary/aromatic N) is 5. The number of anilines is 14. The molecule has 0 aromatic heterocycles. The number of fused-ring (bicyclic) bond motifs is 7. The largest absolute Gasteiger partial charge is 0.376 e. The van der Waals surface area contributed by atoms with Crippen LogP contribution in [-0.2, 0) is 0 Å². The van der Waals surface area contributed by atoms with Gasteiger partial charge in [-0.25, -0.2) is 0 Å². The van der Waals surface area contributed by atoms with E-state index in [1.807, 2.05) is 0 Å². The average Bonchev–Trinajstić information content (AvgIpc) is 3.60. The van der Waals surface area contributed by atoms with Crippen LogP contribution in [0.3, 0.4) is 0 Å². The zero-order chi connectivity index (χ0) is 53.1. The smallest absolute Gasteiger partial charge is 0.329 e. The molecule has 0 unspecified atom stereocenters. The number of hydrogen-bond acceptors (Lipinski definition) is 6. The van der Waals surface area contributed by atoms with Crippen molar-refractivity contribution >= 4 is 133 Å². The Kier molecular flexibility index (Phi) is 11.7. The lowest BCUT2D eigenvalue weighted by Crippen LogP contribution is -2.64. The van der Waals surface area contributed by atoms with E-state index in [0.717, 1.165) is 90.0 Å². The molecule has 8 heteroatoms. The van der Waals surface area contributed by atoms with Crippen molar-refractivity contribution < 1.29 is 0 Å². The summed E-state index contributed by atoms with van der Waals surface area (Å²) in [5, 5.41) is 0. The quantitative estimate of drug-likeness (QED) is 0.108. The van der Waals surface area contributed by atoms with Crippen LogP contribution in [0.5, 0.6) is 0 Å². The van der Waals surface area contributed by atoms with Gasteiger partial charge >= 0.3 is 6.85 Å². The van der Waals surface area contributed by atoms with Gasteiger partial charge in [-0.3, -0.25) is 0 Å². The standard InChI is InChI=1S/C72H51B2N5S/c80-71-50-68-64(49-65(71)74-62-45-44-58(75(51-26-8-1-9-27-51)52-28-10-2-11-29-52)46-61(62)60-40-22-24-42-66(60)79(74)57-38-20-7-21-39-57)73-63-41-23-25-43-67(63)77(55-34-16-5-17-35-55)69-47-59(48-70(72(69)73)78(68)56-36-18-6-19-37-56)76(53-30-12-3-13-31-53)54-32-14-4-15-33-54/h1-50,80H. The Hall–Kier alpha value is -9.88. The van der Waals surface area contributed by atoms with Gasteiger partial charge in [-0.1, -0.05) is 176 Å². The molecule has 3 aliphatic rings. The molecule has 0 fully saturated rings. The summed E-state index contributed by atoms with van der Waals surface area (Å²) < 4.78 is 0. The van der Waals surface area contributed by atoms with Crippen LogP contribution in [0.25, 0.3) is 11.1 Å². The number of para-hydroxylation sites is 9.